The van der Waals surface area contributed by atoms with Crippen LogP contribution >= 0.6 is 23.4 Å². The number of Topliss-reactive ketones (excluding diaryl/α,β-unsaturated/α-hetero) is 1. The van der Waals surface area contributed by atoms with Gasteiger partial charge in [-0.15, -0.1) is 0 Å². The number of halogens is 1. The molecule has 0 aliphatic carbocycles. The number of amidine groups is 1. The van der Waals surface area contributed by atoms with Crippen LogP contribution in [0.2, 0.25) is 5.02 Å². The standard InChI is InChI=1S/C14H15ClN2O3S2/c1-9(18)6-21-14-16-12-7-22(19,20)8-13(12)17(14)11-4-2-3-10(15)5-11/h2-5,12-13H,6-8H2,1H3/t12-,13-/m0/s1. The summed E-state index contributed by atoms with van der Waals surface area (Å²) < 4.78 is 23.8. The number of carbonyl (C=O) groups is 1. The Balaban J connectivity index is 1.95. The van der Waals surface area contributed by atoms with Gasteiger partial charge < -0.3 is 4.90 Å². The maximum Gasteiger partial charge on any atom is 0.164 e. The molecule has 22 heavy (non-hydrogen) atoms. The van der Waals surface area contributed by atoms with Crippen LogP contribution in [0, 0.1) is 0 Å². The highest BCUT2D eigenvalue weighted by Crippen LogP contribution is 2.35. The topological polar surface area (TPSA) is 66.8 Å². The zero-order chi connectivity index (χ0) is 15.9. The van der Waals surface area contributed by atoms with E-state index in [4.69, 9.17) is 11.6 Å². The summed E-state index contributed by atoms with van der Waals surface area (Å²) in [5.41, 5.74) is 0.812. The minimum atomic E-state index is -3.07. The maximum absolute atomic E-state index is 11.9. The third kappa shape index (κ3) is 3.16. The van der Waals surface area contributed by atoms with E-state index < -0.39 is 9.84 Å². The fourth-order valence-electron chi connectivity index (χ4n) is 2.73. The van der Waals surface area contributed by atoms with E-state index in [0.29, 0.717) is 15.9 Å². The van der Waals surface area contributed by atoms with Crippen molar-refractivity contribution < 1.29 is 13.2 Å². The minimum Gasteiger partial charge on any atom is -0.315 e. The maximum atomic E-state index is 11.9. The van der Waals surface area contributed by atoms with Crippen molar-refractivity contribution in [2.75, 3.05) is 22.2 Å². The summed E-state index contributed by atoms with van der Waals surface area (Å²) >= 11 is 7.40. The minimum absolute atomic E-state index is 0.0587. The molecule has 0 amide bonds. The lowest BCUT2D eigenvalue weighted by molar-refractivity contribution is -0.114. The number of hydrogen-bond donors (Lipinski definition) is 0. The lowest BCUT2D eigenvalue weighted by Gasteiger charge is -2.26. The molecule has 1 aromatic carbocycles. The summed E-state index contributed by atoms with van der Waals surface area (Å²) in [6, 6.07) is 6.78. The van der Waals surface area contributed by atoms with Gasteiger partial charge in [-0.2, -0.15) is 0 Å². The first-order chi connectivity index (χ1) is 10.4. The van der Waals surface area contributed by atoms with Crippen molar-refractivity contribution in [2.45, 2.75) is 19.0 Å². The molecule has 0 aromatic heterocycles. The second kappa shape index (κ2) is 5.86. The van der Waals surface area contributed by atoms with Crippen LogP contribution < -0.4 is 4.90 Å². The largest absolute Gasteiger partial charge is 0.315 e. The molecule has 2 heterocycles. The van der Waals surface area contributed by atoms with Gasteiger partial charge >= 0.3 is 0 Å². The normalized spacial score (nSPS) is 25.9. The molecular weight excluding hydrogens is 344 g/mol. The number of sulfone groups is 1. The number of thioether (sulfide) groups is 1. The number of anilines is 1. The number of nitrogens with zero attached hydrogens (tertiary/aromatic N) is 2. The van der Waals surface area contributed by atoms with Gasteiger partial charge in [-0.05, 0) is 25.1 Å². The lowest BCUT2D eigenvalue weighted by atomic mass is 10.1. The van der Waals surface area contributed by atoms with E-state index in [9.17, 15) is 13.2 Å². The van der Waals surface area contributed by atoms with Crippen LogP contribution in [0.15, 0.2) is 29.3 Å². The summed E-state index contributed by atoms with van der Waals surface area (Å²) in [6.07, 6.45) is 0. The number of fused-ring (bicyclic) bond motifs is 1. The van der Waals surface area contributed by atoms with Crippen LogP contribution in [-0.2, 0) is 14.6 Å². The van der Waals surface area contributed by atoms with E-state index in [-0.39, 0.29) is 29.4 Å². The van der Waals surface area contributed by atoms with Gasteiger partial charge in [-0.25, -0.2) is 8.42 Å². The Morgan fingerprint density at radius 2 is 2.23 bits per heavy atom. The molecule has 1 aromatic rings. The van der Waals surface area contributed by atoms with E-state index in [0.717, 1.165) is 5.69 Å². The molecule has 1 fully saturated rings. The Kier molecular flexibility index (Phi) is 4.22. The SMILES string of the molecule is CC(=O)CSC1=N[C@H]2CS(=O)(=O)C[C@@H]2N1c1cccc(Cl)c1. The van der Waals surface area contributed by atoms with Crippen LogP contribution in [0.3, 0.4) is 0 Å². The average molecular weight is 359 g/mol. The fraction of sp³-hybridized carbons (Fsp3) is 0.429. The second-order valence-electron chi connectivity index (χ2n) is 5.46. The van der Waals surface area contributed by atoms with Gasteiger partial charge in [0.05, 0.1) is 29.3 Å². The zero-order valence-corrected chi connectivity index (χ0v) is 14.3. The molecule has 2 aliphatic rings. The summed E-state index contributed by atoms with van der Waals surface area (Å²) in [6.45, 7) is 1.53. The zero-order valence-electron chi connectivity index (χ0n) is 11.9. The van der Waals surface area contributed by atoms with Gasteiger partial charge in [0.15, 0.2) is 15.0 Å². The number of benzene rings is 1. The molecule has 2 aliphatic heterocycles. The van der Waals surface area contributed by atoms with Crippen LogP contribution in [0.1, 0.15) is 6.92 Å². The molecule has 5 nitrogen and oxygen atoms in total. The average Bonchev–Trinajstić information content (AvgIpc) is 2.87. The summed E-state index contributed by atoms with van der Waals surface area (Å²) in [5, 5.41) is 1.28. The molecule has 8 heteroatoms. The van der Waals surface area contributed by atoms with Crippen LogP contribution in [0.25, 0.3) is 0 Å². The summed E-state index contributed by atoms with van der Waals surface area (Å²) in [7, 11) is -3.07. The molecule has 2 atom stereocenters. The first kappa shape index (κ1) is 15.8. The number of carbonyl (C=O) groups excluding carboxylic acids is 1. The van der Waals surface area contributed by atoms with E-state index in [1.165, 1.54) is 18.7 Å². The first-order valence-electron chi connectivity index (χ1n) is 6.81. The molecular formula is C14H15ClN2O3S2. The lowest BCUT2D eigenvalue weighted by Crippen LogP contribution is -2.39. The van der Waals surface area contributed by atoms with E-state index >= 15 is 0 Å². The fourth-order valence-corrected chi connectivity index (χ4v) is 5.68. The van der Waals surface area contributed by atoms with Crippen molar-refractivity contribution in [1.82, 2.24) is 0 Å². The molecule has 3 rings (SSSR count). The van der Waals surface area contributed by atoms with Crippen LogP contribution in [-0.4, -0.2) is 48.7 Å². The first-order valence-corrected chi connectivity index (χ1v) is 9.99. The highest BCUT2D eigenvalue weighted by molar-refractivity contribution is 8.14. The predicted molar refractivity (Wildman–Crippen MR) is 90.7 cm³/mol. The van der Waals surface area contributed by atoms with Crippen molar-refractivity contribution in [2.24, 2.45) is 4.99 Å². The van der Waals surface area contributed by atoms with Crippen molar-refractivity contribution in [3.63, 3.8) is 0 Å². The molecule has 1 saturated heterocycles. The number of hydrogen-bond acceptors (Lipinski definition) is 6. The number of aliphatic imine (C=N–C) groups is 1. The van der Waals surface area contributed by atoms with Crippen molar-refractivity contribution in [3.05, 3.63) is 29.3 Å². The molecule has 0 N–H and O–H groups in total. The Hall–Kier alpha value is -1.05. The second-order valence-corrected chi connectivity index (χ2v) is 9.00. The highest BCUT2D eigenvalue weighted by Gasteiger charge is 2.47. The predicted octanol–water partition coefficient (Wildman–Crippen LogP) is 2.00. The molecule has 0 radical (unpaired) electrons. The summed E-state index contributed by atoms with van der Waals surface area (Å²) in [4.78, 5) is 17.7. The third-order valence-electron chi connectivity index (χ3n) is 3.60. The monoisotopic (exact) mass is 358 g/mol. The van der Waals surface area contributed by atoms with Crippen molar-refractivity contribution in [3.8, 4) is 0 Å². The van der Waals surface area contributed by atoms with Crippen LogP contribution in [0.4, 0.5) is 5.69 Å². The molecule has 118 valence electrons. The Labute approximate surface area is 138 Å². The Morgan fingerprint density at radius 1 is 1.45 bits per heavy atom. The number of ketones is 1. The molecule has 0 bridgehead atoms. The molecule has 0 spiro atoms. The van der Waals surface area contributed by atoms with E-state index in [2.05, 4.69) is 4.99 Å². The van der Waals surface area contributed by atoms with Gasteiger partial charge in [0, 0.05) is 10.7 Å². The van der Waals surface area contributed by atoms with Crippen molar-refractivity contribution >= 4 is 49.8 Å². The Bertz CT molecular complexity index is 748. The quantitative estimate of drug-likeness (QED) is 0.826. The van der Waals surface area contributed by atoms with Gasteiger partial charge in [-0.1, -0.05) is 29.4 Å². The molecule has 0 unspecified atom stereocenters. The number of rotatable bonds is 3. The summed E-state index contributed by atoms with van der Waals surface area (Å²) in [5.74, 6) is 0.530. The third-order valence-corrected chi connectivity index (χ3v) is 6.64. The Morgan fingerprint density at radius 3 is 2.91 bits per heavy atom. The highest BCUT2D eigenvalue weighted by atomic mass is 35.5. The van der Waals surface area contributed by atoms with E-state index in [1.54, 1.807) is 12.1 Å². The van der Waals surface area contributed by atoms with Crippen LogP contribution in [0.5, 0.6) is 0 Å². The van der Waals surface area contributed by atoms with Crippen molar-refractivity contribution in [1.29, 1.82) is 0 Å². The smallest absolute Gasteiger partial charge is 0.164 e. The molecule has 0 saturated carbocycles. The van der Waals surface area contributed by atoms with Gasteiger partial charge in [0.1, 0.15) is 5.78 Å². The van der Waals surface area contributed by atoms with Gasteiger partial charge in [0.2, 0.25) is 0 Å². The van der Waals surface area contributed by atoms with Gasteiger partial charge in [0.25, 0.3) is 0 Å². The van der Waals surface area contributed by atoms with Gasteiger partial charge in [-0.3, -0.25) is 9.79 Å². The van der Waals surface area contributed by atoms with E-state index in [1.807, 2.05) is 17.0 Å².